The van der Waals surface area contributed by atoms with Crippen LogP contribution in [0.3, 0.4) is 0 Å². The van der Waals surface area contributed by atoms with E-state index in [1.54, 1.807) is 6.20 Å². The lowest BCUT2D eigenvalue weighted by Gasteiger charge is -1.97. The molecule has 1 rings (SSSR count). The molecule has 0 radical (unpaired) electrons. The van der Waals surface area contributed by atoms with Crippen molar-refractivity contribution in [2.75, 3.05) is 6.61 Å². The Kier molecular flexibility index (Phi) is 2.15. The standard InChI is InChI=1S/C6H9N3O/c1-3-10-6-8-5(2)4-7-9-6/h4H,3H2,1-2H3. The minimum absolute atomic E-state index is 0.350. The number of aryl methyl sites for hydroxylation is 1. The minimum atomic E-state index is 0.350. The van der Waals surface area contributed by atoms with Crippen LogP contribution in [0.1, 0.15) is 12.6 Å². The molecular weight excluding hydrogens is 130 g/mol. The van der Waals surface area contributed by atoms with E-state index in [0.29, 0.717) is 12.6 Å². The third kappa shape index (κ3) is 1.65. The number of rotatable bonds is 2. The van der Waals surface area contributed by atoms with Crippen LogP contribution in [0.4, 0.5) is 0 Å². The highest BCUT2D eigenvalue weighted by Crippen LogP contribution is 1.97. The molecule has 10 heavy (non-hydrogen) atoms. The van der Waals surface area contributed by atoms with E-state index in [0.717, 1.165) is 5.69 Å². The van der Waals surface area contributed by atoms with E-state index in [9.17, 15) is 0 Å². The molecule has 0 spiro atoms. The van der Waals surface area contributed by atoms with Crippen LogP contribution in [-0.4, -0.2) is 21.8 Å². The van der Waals surface area contributed by atoms with Crippen molar-refractivity contribution in [2.45, 2.75) is 13.8 Å². The Labute approximate surface area is 59.3 Å². The molecule has 0 saturated carbocycles. The number of hydrogen-bond donors (Lipinski definition) is 0. The number of nitrogens with zero attached hydrogens (tertiary/aromatic N) is 3. The quantitative estimate of drug-likeness (QED) is 0.601. The Morgan fingerprint density at radius 3 is 3.00 bits per heavy atom. The van der Waals surface area contributed by atoms with E-state index in [4.69, 9.17) is 4.74 Å². The Bertz CT molecular complexity index is 214. The minimum Gasteiger partial charge on any atom is -0.463 e. The smallest absolute Gasteiger partial charge is 0.335 e. The molecule has 0 N–H and O–H groups in total. The topological polar surface area (TPSA) is 47.9 Å². The molecule has 0 aliphatic rings. The fourth-order valence-corrected chi connectivity index (χ4v) is 0.554. The maximum Gasteiger partial charge on any atom is 0.335 e. The first-order chi connectivity index (χ1) is 4.83. The lowest BCUT2D eigenvalue weighted by molar-refractivity contribution is 0.307. The summed E-state index contributed by atoms with van der Waals surface area (Å²) in [6.45, 7) is 4.30. The number of ether oxygens (including phenoxy) is 1. The normalized spacial score (nSPS) is 9.40. The van der Waals surface area contributed by atoms with E-state index in [-0.39, 0.29) is 0 Å². The molecule has 0 unspecified atom stereocenters. The van der Waals surface area contributed by atoms with Crippen molar-refractivity contribution < 1.29 is 4.74 Å². The van der Waals surface area contributed by atoms with Gasteiger partial charge in [0.15, 0.2) is 0 Å². The summed E-state index contributed by atoms with van der Waals surface area (Å²) in [6.07, 6.45) is 1.59. The van der Waals surface area contributed by atoms with Gasteiger partial charge in [0, 0.05) is 0 Å². The fourth-order valence-electron chi connectivity index (χ4n) is 0.554. The first-order valence-corrected chi connectivity index (χ1v) is 3.12. The van der Waals surface area contributed by atoms with Gasteiger partial charge in [0.1, 0.15) is 0 Å². The van der Waals surface area contributed by atoms with Crippen LogP contribution in [0.2, 0.25) is 0 Å². The lowest BCUT2D eigenvalue weighted by atomic mass is 10.5. The van der Waals surface area contributed by atoms with Gasteiger partial charge in [-0.05, 0) is 13.8 Å². The van der Waals surface area contributed by atoms with E-state index in [2.05, 4.69) is 15.2 Å². The highest BCUT2D eigenvalue weighted by molar-refractivity contribution is 4.96. The molecule has 0 saturated heterocycles. The molecule has 0 aliphatic heterocycles. The SMILES string of the molecule is CCOc1nncc(C)n1. The van der Waals surface area contributed by atoms with Crippen LogP contribution >= 0.6 is 0 Å². The van der Waals surface area contributed by atoms with Gasteiger partial charge < -0.3 is 4.74 Å². The molecule has 54 valence electrons. The van der Waals surface area contributed by atoms with Crippen LogP contribution in [0.25, 0.3) is 0 Å². The molecule has 4 nitrogen and oxygen atoms in total. The highest BCUT2D eigenvalue weighted by atomic mass is 16.5. The van der Waals surface area contributed by atoms with Crippen LogP contribution in [-0.2, 0) is 0 Å². The largest absolute Gasteiger partial charge is 0.463 e. The molecule has 1 aromatic rings. The van der Waals surface area contributed by atoms with Crippen molar-refractivity contribution >= 4 is 0 Å². The number of hydrogen-bond acceptors (Lipinski definition) is 4. The van der Waals surface area contributed by atoms with Gasteiger partial charge in [-0.3, -0.25) is 0 Å². The van der Waals surface area contributed by atoms with Crippen LogP contribution in [0.5, 0.6) is 6.01 Å². The summed E-state index contributed by atoms with van der Waals surface area (Å²) in [5, 5.41) is 7.31. The Morgan fingerprint density at radius 2 is 2.40 bits per heavy atom. The molecule has 1 aromatic heterocycles. The fraction of sp³-hybridized carbons (Fsp3) is 0.500. The first-order valence-electron chi connectivity index (χ1n) is 3.12. The van der Waals surface area contributed by atoms with Gasteiger partial charge in [-0.1, -0.05) is 5.10 Å². The summed E-state index contributed by atoms with van der Waals surface area (Å²) >= 11 is 0. The average Bonchev–Trinajstić information content (AvgIpc) is 1.88. The Morgan fingerprint density at radius 1 is 1.60 bits per heavy atom. The predicted molar refractivity (Wildman–Crippen MR) is 35.7 cm³/mol. The molecule has 0 atom stereocenters. The molecule has 0 amide bonds. The van der Waals surface area contributed by atoms with Gasteiger partial charge in [0.2, 0.25) is 0 Å². The first kappa shape index (κ1) is 6.92. The second-order valence-electron chi connectivity index (χ2n) is 1.81. The van der Waals surface area contributed by atoms with E-state index in [1.807, 2.05) is 13.8 Å². The summed E-state index contributed by atoms with van der Waals surface area (Å²) < 4.78 is 5.00. The maximum absolute atomic E-state index is 5.00. The van der Waals surface area contributed by atoms with Crippen molar-refractivity contribution in [1.82, 2.24) is 15.2 Å². The monoisotopic (exact) mass is 139 g/mol. The summed E-state index contributed by atoms with van der Waals surface area (Å²) in [4.78, 5) is 3.97. The van der Waals surface area contributed by atoms with Gasteiger partial charge >= 0.3 is 6.01 Å². The maximum atomic E-state index is 5.00. The molecule has 0 aliphatic carbocycles. The van der Waals surface area contributed by atoms with Crippen molar-refractivity contribution in [3.05, 3.63) is 11.9 Å². The second-order valence-corrected chi connectivity index (χ2v) is 1.81. The Balaban J connectivity index is 2.75. The third-order valence-corrected chi connectivity index (χ3v) is 0.933. The summed E-state index contributed by atoms with van der Waals surface area (Å²) in [7, 11) is 0. The summed E-state index contributed by atoms with van der Waals surface area (Å²) in [5.74, 6) is 0. The molecule has 4 heteroatoms. The zero-order valence-electron chi connectivity index (χ0n) is 6.03. The van der Waals surface area contributed by atoms with Gasteiger partial charge in [-0.15, -0.1) is 0 Å². The molecule has 0 fully saturated rings. The highest BCUT2D eigenvalue weighted by Gasteiger charge is 1.94. The van der Waals surface area contributed by atoms with Gasteiger partial charge in [0.25, 0.3) is 0 Å². The average molecular weight is 139 g/mol. The van der Waals surface area contributed by atoms with E-state index in [1.165, 1.54) is 0 Å². The zero-order chi connectivity index (χ0) is 7.40. The molecular formula is C6H9N3O. The van der Waals surface area contributed by atoms with Crippen molar-refractivity contribution in [3.63, 3.8) is 0 Å². The van der Waals surface area contributed by atoms with Crippen LogP contribution < -0.4 is 4.74 Å². The van der Waals surface area contributed by atoms with Crippen LogP contribution in [0, 0.1) is 6.92 Å². The lowest BCUT2D eigenvalue weighted by Crippen LogP contribution is -1.99. The number of aromatic nitrogens is 3. The zero-order valence-corrected chi connectivity index (χ0v) is 6.03. The predicted octanol–water partition coefficient (Wildman–Crippen LogP) is 0.579. The molecule has 0 bridgehead atoms. The van der Waals surface area contributed by atoms with Gasteiger partial charge in [-0.25, -0.2) is 0 Å². The van der Waals surface area contributed by atoms with Crippen molar-refractivity contribution in [1.29, 1.82) is 0 Å². The van der Waals surface area contributed by atoms with E-state index < -0.39 is 0 Å². The summed E-state index contributed by atoms with van der Waals surface area (Å²) in [6, 6.07) is 0.350. The van der Waals surface area contributed by atoms with Gasteiger partial charge in [-0.2, -0.15) is 10.1 Å². The third-order valence-electron chi connectivity index (χ3n) is 0.933. The Hall–Kier alpha value is -1.19. The molecule has 1 heterocycles. The van der Waals surface area contributed by atoms with Crippen molar-refractivity contribution in [3.8, 4) is 6.01 Å². The second kappa shape index (κ2) is 3.10. The molecule has 0 aromatic carbocycles. The van der Waals surface area contributed by atoms with Crippen LogP contribution in [0.15, 0.2) is 6.20 Å². The summed E-state index contributed by atoms with van der Waals surface area (Å²) in [5.41, 5.74) is 0.818. The van der Waals surface area contributed by atoms with E-state index >= 15 is 0 Å². The van der Waals surface area contributed by atoms with Gasteiger partial charge in [0.05, 0.1) is 18.5 Å². The van der Waals surface area contributed by atoms with Crippen molar-refractivity contribution in [2.24, 2.45) is 0 Å².